The van der Waals surface area contributed by atoms with Crippen molar-refractivity contribution in [1.82, 2.24) is 4.90 Å². The van der Waals surface area contributed by atoms with Crippen molar-refractivity contribution >= 4 is 5.97 Å². The molecule has 3 heteroatoms. The van der Waals surface area contributed by atoms with Gasteiger partial charge in [-0.05, 0) is 46.6 Å². The molecular weight excluding hydrogens is 190 g/mol. The van der Waals surface area contributed by atoms with Crippen LogP contribution in [0.3, 0.4) is 0 Å². The number of hydrogen-bond donors (Lipinski definition) is 0. The predicted octanol–water partition coefficient (Wildman–Crippen LogP) is 2.06. The van der Waals surface area contributed by atoms with Crippen LogP contribution in [0.2, 0.25) is 0 Å². The standard InChI is InChI=1S/C12H23NO2/c1-9-6-7-13(8-9)10(2)11(14)15-12(3,4)5/h9-10H,6-8H2,1-5H3. The van der Waals surface area contributed by atoms with Crippen LogP contribution in [0.4, 0.5) is 0 Å². The minimum atomic E-state index is -0.378. The smallest absolute Gasteiger partial charge is 0.323 e. The maximum Gasteiger partial charge on any atom is 0.323 e. The molecule has 15 heavy (non-hydrogen) atoms. The zero-order valence-corrected chi connectivity index (χ0v) is 10.5. The molecule has 1 fully saturated rings. The summed E-state index contributed by atoms with van der Waals surface area (Å²) >= 11 is 0. The van der Waals surface area contributed by atoms with E-state index < -0.39 is 0 Å². The van der Waals surface area contributed by atoms with Crippen LogP contribution in [0.5, 0.6) is 0 Å². The first kappa shape index (κ1) is 12.5. The normalized spacial score (nSPS) is 25.3. The van der Waals surface area contributed by atoms with Crippen LogP contribution in [-0.2, 0) is 9.53 Å². The number of hydrogen-bond acceptors (Lipinski definition) is 3. The molecule has 0 N–H and O–H groups in total. The number of nitrogens with zero attached hydrogens (tertiary/aromatic N) is 1. The van der Waals surface area contributed by atoms with E-state index in [0.29, 0.717) is 5.92 Å². The monoisotopic (exact) mass is 213 g/mol. The zero-order valence-electron chi connectivity index (χ0n) is 10.5. The van der Waals surface area contributed by atoms with E-state index in [1.807, 2.05) is 27.7 Å². The van der Waals surface area contributed by atoms with Gasteiger partial charge in [0.05, 0.1) is 0 Å². The number of ether oxygens (including phenoxy) is 1. The highest BCUT2D eigenvalue weighted by Crippen LogP contribution is 2.19. The van der Waals surface area contributed by atoms with Gasteiger partial charge in [0.1, 0.15) is 11.6 Å². The second-order valence-electron chi connectivity index (χ2n) is 5.60. The Kier molecular flexibility index (Phi) is 3.77. The molecule has 0 saturated carbocycles. The molecule has 0 aromatic rings. The first-order valence-corrected chi connectivity index (χ1v) is 5.76. The molecule has 1 saturated heterocycles. The fourth-order valence-electron chi connectivity index (χ4n) is 1.86. The van der Waals surface area contributed by atoms with Gasteiger partial charge in [-0.25, -0.2) is 0 Å². The molecule has 0 aromatic carbocycles. The van der Waals surface area contributed by atoms with Crippen molar-refractivity contribution in [2.75, 3.05) is 13.1 Å². The van der Waals surface area contributed by atoms with Crippen molar-refractivity contribution in [3.63, 3.8) is 0 Å². The van der Waals surface area contributed by atoms with Crippen LogP contribution in [0.1, 0.15) is 41.0 Å². The molecule has 0 amide bonds. The molecule has 2 atom stereocenters. The Balaban J connectivity index is 2.46. The summed E-state index contributed by atoms with van der Waals surface area (Å²) in [6, 6.07) is -0.103. The van der Waals surface area contributed by atoms with Gasteiger partial charge < -0.3 is 4.74 Å². The van der Waals surface area contributed by atoms with Gasteiger partial charge in [0.2, 0.25) is 0 Å². The highest BCUT2D eigenvalue weighted by Gasteiger charge is 2.30. The van der Waals surface area contributed by atoms with Crippen molar-refractivity contribution in [2.24, 2.45) is 5.92 Å². The fourth-order valence-corrected chi connectivity index (χ4v) is 1.86. The van der Waals surface area contributed by atoms with E-state index in [0.717, 1.165) is 13.1 Å². The summed E-state index contributed by atoms with van der Waals surface area (Å²) in [5.41, 5.74) is -0.378. The van der Waals surface area contributed by atoms with Crippen molar-refractivity contribution in [3.05, 3.63) is 0 Å². The van der Waals surface area contributed by atoms with E-state index in [9.17, 15) is 4.79 Å². The minimum absolute atomic E-state index is 0.100. The van der Waals surface area contributed by atoms with Gasteiger partial charge in [-0.1, -0.05) is 6.92 Å². The van der Waals surface area contributed by atoms with Gasteiger partial charge in [0.15, 0.2) is 0 Å². The van der Waals surface area contributed by atoms with E-state index in [2.05, 4.69) is 11.8 Å². The summed E-state index contributed by atoms with van der Waals surface area (Å²) < 4.78 is 5.37. The molecule has 0 bridgehead atoms. The molecule has 0 aromatic heterocycles. The van der Waals surface area contributed by atoms with E-state index in [1.165, 1.54) is 6.42 Å². The number of carbonyl (C=O) groups is 1. The summed E-state index contributed by atoms with van der Waals surface area (Å²) in [5.74, 6) is 0.603. The van der Waals surface area contributed by atoms with E-state index >= 15 is 0 Å². The molecular formula is C12H23NO2. The summed E-state index contributed by atoms with van der Waals surface area (Å²) in [7, 11) is 0. The lowest BCUT2D eigenvalue weighted by atomic mass is 10.2. The predicted molar refractivity (Wildman–Crippen MR) is 60.7 cm³/mol. The number of esters is 1. The highest BCUT2D eigenvalue weighted by molar-refractivity contribution is 5.75. The van der Waals surface area contributed by atoms with Gasteiger partial charge in [0.25, 0.3) is 0 Å². The maximum absolute atomic E-state index is 11.8. The molecule has 1 aliphatic heterocycles. The Hall–Kier alpha value is -0.570. The molecule has 0 spiro atoms. The molecule has 1 rings (SSSR count). The number of likely N-dealkylation sites (tertiary alicyclic amines) is 1. The van der Waals surface area contributed by atoms with Crippen molar-refractivity contribution in [3.8, 4) is 0 Å². The average Bonchev–Trinajstić information content (AvgIpc) is 2.47. The first-order valence-electron chi connectivity index (χ1n) is 5.76. The Morgan fingerprint density at radius 1 is 1.47 bits per heavy atom. The maximum atomic E-state index is 11.8. The zero-order chi connectivity index (χ0) is 11.6. The minimum Gasteiger partial charge on any atom is -0.459 e. The third-order valence-corrected chi connectivity index (χ3v) is 2.75. The van der Waals surface area contributed by atoms with Crippen LogP contribution in [0, 0.1) is 5.92 Å². The quantitative estimate of drug-likeness (QED) is 0.658. The Morgan fingerprint density at radius 2 is 2.07 bits per heavy atom. The van der Waals surface area contributed by atoms with Gasteiger partial charge >= 0.3 is 5.97 Å². The molecule has 0 radical (unpaired) electrons. The number of rotatable bonds is 2. The largest absolute Gasteiger partial charge is 0.459 e. The average molecular weight is 213 g/mol. The van der Waals surface area contributed by atoms with Crippen LogP contribution < -0.4 is 0 Å². The third-order valence-electron chi connectivity index (χ3n) is 2.75. The van der Waals surface area contributed by atoms with Crippen molar-refractivity contribution in [2.45, 2.75) is 52.7 Å². The van der Waals surface area contributed by atoms with Crippen molar-refractivity contribution < 1.29 is 9.53 Å². The van der Waals surface area contributed by atoms with Crippen molar-refractivity contribution in [1.29, 1.82) is 0 Å². The molecule has 1 heterocycles. The van der Waals surface area contributed by atoms with Crippen LogP contribution in [-0.4, -0.2) is 35.6 Å². The van der Waals surface area contributed by atoms with Gasteiger partial charge in [-0.3, -0.25) is 9.69 Å². The fraction of sp³-hybridized carbons (Fsp3) is 0.917. The van der Waals surface area contributed by atoms with E-state index in [4.69, 9.17) is 4.74 Å². The molecule has 0 aliphatic carbocycles. The second-order valence-corrected chi connectivity index (χ2v) is 5.60. The first-order chi connectivity index (χ1) is 6.79. The van der Waals surface area contributed by atoms with Crippen LogP contribution >= 0.6 is 0 Å². The molecule has 2 unspecified atom stereocenters. The summed E-state index contributed by atoms with van der Waals surface area (Å²) in [4.78, 5) is 14.0. The summed E-state index contributed by atoms with van der Waals surface area (Å²) in [6.07, 6.45) is 1.19. The molecule has 3 nitrogen and oxygen atoms in total. The lowest BCUT2D eigenvalue weighted by Crippen LogP contribution is -2.41. The highest BCUT2D eigenvalue weighted by atomic mass is 16.6. The Labute approximate surface area is 92.8 Å². The van der Waals surface area contributed by atoms with E-state index in [-0.39, 0.29) is 17.6 Å². The second kappa shape index (κ2) is 4.52. The third kappa shape index (κ3) is 3.82. The number of carbonyl (C=O) groups excluding carboxylic acids is 1. The Bertz CT molecular complexity index is 232. The van der Waals surface area contributed by atoms with Gasteiger partial charge in [0, 0.05) is 6.54 Å². The van der Waals surface area contributed by atoms with Gasteiger partial charge in [-0.15, -0.1) is 0 Å². The van der Waals surface area contributed by atoms with E-state index in [1.54, 1.807) is 0 Å². The molecule has 88 valence electrons. The summed E-state index contributed by atoms with van der Waals surface area (Å²) in [6.45, 7) is 11.9. The molecule has 1 aliphatic rings. The SMILES string of the molecule is CC1CCN(C(C)C(=O)OC(C)(C)C)C1. The lowest BCUT2D eigenvalue weighted by Gasteiger charge is -2.27. The van der Waals surface area contributed by atoms with Crippen LogP contribution in [0.15, 0.2) is 0 Å². The lowest BCUT2D eigenvalue weighted by molar-refractivity contribution is -0.160. The van der Waals surface area contributed by atoms with Crippen LogP contribution in [0.25, 0.3) is 0 Å². The topological polar surface area (TPSA) is 29.5 Å². The Morgan fingerprint density at radius 3 is 2.47 bits per heavy atom. The summed E-state index contributed by atoms with van der Waals surface area (Å²) in [5, 5.41) is 0. The van der Waals surface area contributed by atoms with Gasteiger partial charge in [-0.2, -0.15) is 0 Å².